The van der Waals surface area contributed by atoms with E-state index in [1.807, 2.05) is 12.1 Å². The Kier molecular flexibility index (Phi) is 6.51. The zero-order chi connectivity index (χ0) is 17.3. The van der Waals surface area contributed by atoms with Crippen LogP contribution in [-0.4, -0.2) is 31.8 Å². The minimum atomic E-state index is 0.288. The van der Waals surface area contributed by atoms with Gasteiger partial charge in [0.1, 0.15) is 5.76 Å². The van der Waals surface area contributed by atoms with E-state index < -0.39 is 0 Å². The molecule has 1 aliphatic heterocycles. The highest BCUT2D eigenvalue weighted by Gasteiger charge is 2.15. The maximum absolute atomic E-state index is 5.68. The van der Waals surface area contributed by atoms with Gasteiger partial charge in [-0.25, -0.2) is 4.99 Å². The molecular formula is C20H27N3O2. The predicted molar refractivity (Wildman–Crippen MR) is 99.7 cm³/mol. The van der Waals surface area contributed by atoms with Gasteiger partial charge in [0.2, 0.25) is 0 Å². The second kappa shape index (κ2) is 9.28. The lowest BCUT2D eigenvalue weighted by Crippen LogP contribution is -2.41. The van der Waals surface area contributed by atoms with Crippen LogP contribution in [-0.2, 0) is 17.7 Å². The van der Waals surface area contributed by atoms with E-state index in [-0.39, 0.29) is 6.10 Å². The van der Waals surface area contributed by atoms with Gasteiger partial charge in [0.15, 0.2) is 5.96 Å². The van der Waals surface area contributed by atoms with Crippen LogP contribution in [0.1, 0.15) is 29.7 Å². The van der Waals surface area contributed by atoms with Crippen LogP contribution in [0.5, 0.6) is 0 Å². The second-order valence-electron chi connectivity index (χ2n) is 6.42. The number of nitrogens with zero attached hydrogens (tertiary/aromatic N) is 1. The van der Waals surface area contributed by atoms with E-state index in [1.54, 1.807) is 6.26 Å². The van der Waals surface area contributed by atoms with Crippen molar-refractivity contribution in [3.05, 3.63) is 59.5 Å². The summed E-state index contributed by atoms with van der Waals surface area (Å²) >= 11 is 0. The molecule has 2 heterocycles. The molecule has 134 valence electrons. The fourth-order valence-corrected chi connectivity index (χ4v) is 2.81. The molecular weight excluding hydrogens is 314 g/mol. The average molecular weight is 341 g/mol. The highest BCUT2D eigenvalue weighted by Crippen LogP contribution is 2.10. The van der Waals surface area contributed by atoms with Crippen molar-refractivity contribution in [2.24, 2.45) is 4.99 Å². The highest BCUT2D eigenvalue weighted by atomic mass is 16.5. The third kappa shape index (κ3) is 5.94. The highest BCUT2D eigenvalue weighted by molar-refractivity contribution is 5.79. The van der Waals surface area contributed by atoms with E-state index in [1.165, 1.54) is 11.1 Å². The summed E-state index contributed by atoms with van der Waals surface area (Å²) < 4.78 is 11.1. The van der Waals surface area contributed by atoms with Crippen LogP contribution in [0.15, 0.2) is 52.1 Å². The zero-order valence-electron chi connectivity index (χ0n) is 14.8. The Hall–Kier alpha value is -2.27. The standard InChI is InChI=1S/C20H27N3O2/c1-16-6-8-17(9-7-16)14-22-20(23-15-19-5-3-13-25-19)21-11-10-18-4-2-12-24-18/h2,4,6-9,12,19H,3,5,10-11,13-15H2,1H3,(H2,21,22,23). The van der Waals surface area contributed by atoms with Crippen molar-refractivity contribution < 1.29 is 9.15 Å². The molecule has 1 unspecified atom stereocenters. The zero-order valence-corrected chi connectivity index (χ0v) is 14.8. The molecule has 5 nitrogen and oxygen atoms in total. The van der Waals surface area contributed by atoms with Gasteiger partial charge < -0.3 is 19.8 Å². The number of hydrogen-bond acceptors (Lipinski definition) is 3. The summed E-state index contributed by atoms with van der Waals surface area (Å²) in [6.45, 7) is 5.19. The minimum absolute atomic E-state index is 0.288. The van der Waals surface area contributed by atoms with Gasteiger partial charge in [-0.3, -0.25) is 0 Å². The predicted octanol–water partition coefficient (Wildman–Crippen LogP) is 3.04. The van der Waals surface area contributed by atoms with Crippen molar-refractivity contribution >= 4 is 5.96 Å². The van der Waals surface area contributed by atoms with Crippen LogP contribution in [0.25, 0.3) is 0 Å². The van der Waals surface area contributed by atoms with Gasteiger partial charge in [0.25, 0.3) is 0 Å². The quantitative estimate of drug-likeness (QED) is 0.600. The molecule has 0 radical (unpaired) electrons. The Balaban J connectivity index is 1.53. The van der Waals surface area contributed by atoms with Gasteiger partial charge in [-0.1, -0.05) is 29.8 Å². The lowest BCUT2D eigenvalue weighted by Gasteiger charge is -2.15. The van der Waals surface area contributed by atoms with Crippen molar-refractivity contribution in [1.82, 2.24) is 10.6 Å². The van der Waals surface area contributed by atoms with Gasteiger partial charge in [0, 0.05) is 26.1 Å². The molecule has 0 aliphatic carbocycles. The fraction of sp³-hybridized carbons (Fsp3) is 0.450. The lowest BCUT2D eigenvalue weighted by molar-refractivity contribution is 0.114. The van der Waals surface area contributed by atoms with Crippen molar-refractivity contribution in [3.8, 4) is 0 Å². The number of ether oxygens (including phenoxy) is 1. The molecule has 0 bridgehead atoms. The van der Waals surface area contributed by atoms with E-state index in [0.717, 1.165) is 50.7 Å². The number of guanidine groups is 1. The minimum Gasteiger partial charge on any atom is -0.469 e. The maximum Gasteiger partial charge on any atom is 0.191 e. The van der Waals surface area contributed by atoms with Crippen LogP contribution < -0.4 is 10.6 Å². The number of rotatable bonds is 7. The number of aryl methyl sites for hydroxylation is 1. The topological polar surface area (TPSA) is 58.8 Å². The molecule has 0 saturated carbocycles. The fourth-order valence-electron chi connectivity index (χ4n) is 2.81. The third-order valence-electron chi connectivity index (χ3n) is 4.31. The Bertz CT molecular complexity index is 644. The van der Waals surface area contributed by atoms with Gasteiger partial charge in [-0.2, -0.15) is 0 Å². The van der Waals surface area contributed by atoms with E-state index in [0.29, 0.717) is 6.54 Å². The molecule has 1 aromatic carbocycles. The molecule has 2 N–H and O–H groups in total. The Morgan fingerprint density at radius 1 is 1.20 bits per heavy atom. The van der Waals surface area contributed by atoms with Crippen LogP contribution in [0.2, 0.25) is 0 Å². The molecule has 0 spiro atoms. The van der Waals surface area contributed by atoms with Gasteiger partial charge >= 0.3 is 0 Å². The summed E-state index contributed by atoms with van der Waals surface area (Å²) in [5.41, 5.74) is 2.47. The molecule has 25 heavy (non-hydrogen) atoms. The van der Waals surface area contributed by atoms with Crippen molar-refractivity contribution in [1.29, 1.82) is 0 Å². The number of aliphatic imine (C=N–C) groups is 1. The molecule has 1 fully saturated rings. The maximum atomic E-state index is 5.68. The van der Waals surface area contributed by atoms with Gasteiger partial charge in [-0.15, -0.1) is 0 Å². The molecule has 5 heteroatoms. The first-order valence-corrected chi connectivity index (χ1v) is 9.01. The Morgan fingerprint density at radius 2 is 2.08 bits per heavy atom. The van der Waals surface area contributed by atoms with E-state index in [9.17, 15) is 0 Å². The van der Waals surface area contributed by atoms with E-state index >= 15 is 0 Å². The Labute approximate surface area is 149 Å². The van der Waals surface area contributed by atoms with Crippen LogP contribution in [0.3, 0.4) is 0 Å². The monoisotopic (exact) mass is 341 g/mol. The molecule has 1 atom stereocenters. The second-order valence-corrected chi connectivity index (χ2v) is 6.42. The largest absolute Gasteiger partial charge is 0.469 e. The number of nitrogens with one attached hydrogen (secondary N) is 2. The van der Waals surface area contributed by atoms with Crippen LogP contribution in [0, 0.1) is 6.92 Å². The normalized spacial score (nSPS) is 17.6. The van der Waals surface area contributed by atoms with Crippen molar-refractivity contribution in [2.75, 3.05) is 19.7 Å². The first-order chi connectivity index (χ1) is 12.3. The molecule has 1 aromatic heterocycles. The van der Waals surface area contributed by atoms with E-state index in [2.05, 4.69) is 41.8 Å². The molecule has 2 aromatic rings. The van der Waals surface area contributed by atoms with Crippen LogP contribution in [0.4, 0.5) is 0 Å². The lowest BCUT2D eigenvalue weighted by atomic mass is 10.1. The van der Waals surface area contributed by atoms with Crippen LogP contribution >= 0.6 is 0 Å². The van der Waals surface area contributed by atoms with Crippen molar-refractivity contribution in [2.45, 2.75) is 38.8 Å². The van der Waals surface area contributed by atoms with E-state index in [4.69, 9.17) is 14.1 Å². The van der Waals surface area contributed by atoms with Gasteiger partial charge in [0.05, 0.1) is 18.9 Å². The number of hydrogen-bond donors (Lipinski definition) is 2. The Morgan fingerprint density at radius 3 is 2.80 bits per heavy atom. The van der Waals surface area contributed by atoms with Gasteiger partial charge in [-0.05, 0) is 37.5 Å². The first kappa shape index (κ1) is 17.5. The SMILES string of the molecule is Cc1ccc(CN=C(NCCc2ccco2)NCC2CCCO2)cc1. The summed E-state index contributed by atoms with van der Waals surface area (Å²) in [5.74, 6) is 1.80. The number of furan rings is 1. The number of benzene rings is 1. The smallest absolute Gasteiger partial charge is 0.191 e. The van der Waals surface area contributed by atoms with Crippen molar-refractivity contribution in [3.63, 3.8) is 0 Å². The molecule has 3 rings (SSSR count). The average Bonchev–Trinajstić information content (AvgIpc) is 3.32. The third-order valence-corrected chi connectivity index (χ3v) is 4.31. The summed E-state index contributed by atoms with van der Waals surface area (Å²) in [6, 6.07) is 12.4. The molecule has 0 amide bonds. The summed E-state index contributed by atoms with van der Waals surface area (Å²) in [5, 5.41) is 6.79. The molecule has 1 aliphatic rings. The summed E-state index contributed by atoms with van der Waals surface area (Å²) in [6.07, 6.45) is 5.09. The summed E-state index contributed by atoms with van der Waals surface area (Å²) in [4.78, 5) is 4.71. The summed E-state index contributed by atoms with van der Waals surface area (Å²) in [7, 11) is 0. The first-order valence-electron chi connectivity index (χ1n) is 9.01. The molecule has 1 saturated heterocycles.